The van der Waals surface area contributed by atoms with E-state index in [4.69, 9.17) is 16.3 Å². The Morgan fingerprint density at radius 3 is 2.27 bits per heavy atom. The van der Waals surface area contributed by atoms with E-state index >= 15 is 0 Å². The summed E-state index contributed by atoms with van der Waals surface area (Å²) in [7, 11) is -4.13. The molecule has 0 fully saturated rings. The summed E-state index contributed by atoms with van der Waals surface area (Å²) in [5.74, 6) is -1.57. The molecular formula is C24H20ClF3N2O6S. The van der Waals surface area contributed by atoms with Crippen molar-refractivity contribution in [3.8, 4) is 16.9 Å². The van der Waals surface area contributed by atoms with E-state index in [9.17, 15) is 36.3 Å². The number of anilines is 1. The summed E-state index contributed by atoms with van der Waals surface area (Å²) < 4.78 is 66.8. The van der Waals surface area contributed by atoms with Gasteiger partial charge in [0.25, 0.3) is 5.91 Å². The third-order valence-electron chi connectivity index (χ3n) is 5.19. The van der Waals surface area contributed by atoms with Crippen molar-refractivity contribution in [3.63, 3.8) is 0 Å². The standard InChI is InChI=1S/C24H20ClF3N2O6S/c1-36-21-5-3-2-4-17(21)15-8-6-14(7-9-15)12-20(23(32)33)29-22(31)18-11-10-16(13-19(18)25)30-37(34,35)24(26,27)28/h2-11,13,20,30H,12H2,1H3,(H,29,31)(H,32,33)/t20-/m0/s1. The van der Waals surface area contributed by atoms with Gasteiger partial charge in [-0.25, -0.2) is 4.79 Å². The molecule has 0 saturated carbocycles. The molecule has 0 radical (unpaired) electrons. The molecule has 13 heteroatoms. The summed E-state index contributed by atoms with van der Waals surface area (Å²) >= 11 is 5.96. The number of methoxy groups -OCH3 is 1. The third kappa shape index (κ3) is 6.71. The molecular weight excluding hydrogens is 537 g/mol. The van der Waals surface area contributed by atoms with Crippen LogP contribution < -0.4 is 14.8 Å². The largest absolute Gasteiger partial charge is 0.516 e. The van der Waals surface area contributed by atoms with Gasteiger partial charge in [-0.05, 0) is 35.4 Å². The van der Waals surface area contributed by atoms with Crippen LogP contribution in [0.15, 0.2) is 66.7 Å². The predicted octanol–water partition coefficient (Wildman–Crippen LogP) is 4.70. The zero-order chi connectivity index (χ0) is 27.4. The van der Waals surface area contributed by atoms with Gasteiger partial charge in [0, 0.05) is 12.0 Å². The van der Waals surface area contributed by atoms with Crippen molar-refractivity contribution in [2.45, 2.75) is 18.0 Å². The lowest BCUT2D eigenvalue weighted by Gasteiger charge is -2.16. The molecule has 3 rings (SSSR count). The number of carbonyl (C=O) groups excluding carboxylic acids is 1. The van der Waals surface area contributed by atoms with Gasteiger partial charge in [0.05, 0.1) is 23.4 Å². The fraction of sp³-hybridized carbons (Fsp3) is 0.167. The molecule has 196 valence electrons. The first-order valence-corrected chi connectivity index (χ1v) is 12.3. The Balaban J connectivity index is 1.73. The molecule has 37 heavy (non-hydrogen) atoms. The molecule has 8 nitrogen and oxygen atoms in total. The van der Waals surface area contributed by atoms with Crippen LogP contribution in [0.4, 0.5) is 18.9 Å². The summed E-state index contributed by atoms with van der Waals surface area (Å²) in [4.78, 5) is 24.4. The SMILES string of the molecule is COc1ccccc1-c1ccc(C[C@H](NC(=O)c2ccc(NS(=O)(=O)C(F)(F)F)cc2Cl)C(=O)O)cc1. The number of benzene rings is 3. The number of sulfonamides is 1. The Hall–Kier alpha value is -3.77. The van der Waals surface area contributed by atoms with Gasteiger partial charge in [-0.15, -0.1) is 0 Å². The first-order chi connectivity index (χ1) is 17.3. The molecule has 3 aromatic carbocycles. The minimum atomic E-state index is -5.68. The number of halogens is 4. The van der Waals surface area contributed by atoms with Gasteiger partial charge in [-0.1, -0.05) is 54.1 Å². The first kappa shape index (κ1) is 27.8. The molecule has 0 aliphatic rings. The number of aliphatic carboxylic acids is 1. The lowest BCUT2D eigenvalue weighted by Crippen LogP contribution is -2.42. The molecule has 0 unspecified atom stereocenters. The fourth-order valence-electron chi connectivity index (χ4n) is 3.35. The third-order valence-corrected chi connectivity index (χ3v) is 6.61. The molecule has 1 atom stereocenters. The number of rotatable bonds is 9. The van der Waals surface area contributed by atoms with Gasteiger partial charge in [0.15, 0.2) is 0 Å². The van der Waals surface area contributed by atoms with Crippen molar-refractivity contribution < 1.29 is 41.0 Å². The van der Waals surface area contributed by atoms with Crippen LogP contribution in [-0.4, -0.2) is 44.1 Å². The minimum absolute atomic E-state index is 0.0750. The molecule has 0 bridgehead atoms. The fourth-order valence-corrected chi connectivity index (χ4v) is 4.17. The van der Waals surface area contributed by atoms with Crippen LogP contribution in [0.25, 0.3) is 11.1 Å². The first-order valence-electron chi connectivity index (χ1n) is 10.5. The van der Waals surface area contributed by atoms with Crippen LogP contribution in [0.3, 0.4) is 0 Å². The number of hydrogen-bond acceptors (Lipinski definition) is 5. The minimum Gasteiger partial charge on any atom is -0.496 e. The molecule has 3 aromatic rings. The smallest absolute Gasteiger partial charge is 0.496 e. The topological polar surface area (TPSA) is 122 Å². The average molecular weight is 557 g/mol. The van der Waals surface area contributed by atoms with E-state index < -0.39 is 39.1 Å². The zero-order valence-electron chi connectivity index (χ0n) is 19.0. The lowest BCUT2D eigenvalue weighted by atomic mass is 10.00. The average Bonchev–Trinajstić information content (AvgIpc) is 2.83. The van der Waals surface area contributed by atoms with Crippen LogP contribution in [-0.2, 0) is 21.2 Å². The van der Waals surface area contributed by atoms with Crippen molar-refractivity contribution in [2.75, 3.05) is 11.8 Å². The van der Waals surface area contributed by atoms with Crippen molar-refractivity contribution in [3.05, 3.63) is 82.9 Å². The van der Waals surface area contributed by atoms with E-state index in [0.29, 0.717) is 11.3 Å². The molecule has 0 saturated heterocycles. The quantitative estimate of drug-likeness (QED) is 0.351. The summed E-state index contributed by atoms with van der Waals surface area (Å²) in [6.45, 7) is 0. The van der Waals surface area contributed by atoms with Crippen molar-refractivity contribution in [2.24, 2.45) is 0 Å². The Morgan fingerprint density at radius 2 is 1.70 bits per heavy atom. The molecule has 1 amide bonds. The van der Waals surface area contributed by atoms with Crippen molar-refractivity contribution in [1.82, 2.24) is 5.32 Å². The summed E-state index contributed by atoms with van der Waals surface area (Å²) in [6, 6.07) is 15.7. The van der Waals surface area contributed by atoms with E-state index in [-0.39, 0.29) is 17.0 Å². The normalized spacial score (nSPS) is 12.5. The van der Waals surface area contributed by atoms with Crippen LogP contribution >= 0.6 is 11.6 Å². The molecule has 0 aliphatic heterocycles. The highest BCUT2D eigenvalue weighted by Gasteiger charge is 2.46. The number of carbonyl (C=O) groups is 2. The van der Waals surface area contributed by atoms with Gasteiger partial charge < -0.3 is 15.2 Å². The Labute approximate surface area is 215 Å². The van der Waals surface area contributed by atoms with Gasteiger partial charge >= 0.3 is 21.5 Å². The number of ether oxygens (including phenoxy) is 1. The molecule has 0 heterocycles. The lowest BCUT2D eigenvalue weighted by molar-refractivity contribution is -0.139. The van der Waals surface area contributed by atoms with Crippen LogP contribution in [0.5, 0.6) is 5.75 Å². The van der Waals surface area contributed by atoms with Crippen molar-refractivity contribution >= 4 is 39.2 Å². The Morgan fingerprint density at radius 1 is 1.05 bits per heavy atom. The van der Waals surface area contributed by atoms with Gasteiger partial charge in [0.1, 0.15) is 11.8 Å². The van der Waals surface area contributed by atoms with E-state index in [0.717, 1.165) is 29.3 Å². The Bertz CT molecular complexity index is 1410. The number of amides is 1. The second kappa shape index (κ2) is 11.1. The zero-order valence-corrected chi connectivity index (χ0v) is 20.6. The van der Waals surface area contributed by atoms with Crippen LogP contribution in [0, 0.1) is 0 Å². The summed E-state index contributed by atoms with van der Waals surface area (Å²) in [6.07, 6.45) is -0.0750. The number of carboxylic acids is 1. The maximum absolute atomic E-state index is 12.6. The summed E-state index contributed by atoms with van der Waals surface area (Å²) in [5.41, 5.74) is -4.04. The summed E-state index contributed by atoms with van der Waals surface area (Å²) in [5, 5.41) is 11.5. The number of nitrogens with one attached hydrogen (secondary N) is 2. The number of hydrogen-bond donors (Lipinski definition) is 3. The maximum atomic E-state index is 12.6. The molecule has 0 aromatic heterocycles. The monoisotopic (exact) mass is 556 g/mol. The predicted molar refractivity (Wildman–Crippen MR) is 131 cm³/mol. The highest BCUT2D eigenvalue weighted by molar-refractivity contribution is 7.93. The number of alkyl halides is 3. The molecule has 0 aliphatic carbocycles. The van der Waals surface area contributed by atoms with E-state index in [1.807, 2.05) is 24.3 Å². The highest BCUT2D eigenvalue weighted by Crippen LogP contribution is 2.30. The second-order valence-corrected chi connectivity index (χ2v) is 9.79. The molecule has 3 N–H and O–H groups in total. The van der Waals surface area contributed by atoms with Crippen LogP contribution in [0.1, 0.15) is 15.9 Å². The Kier molecular flexibility index (Phi) is 8.34. The molecule has 0 spiro atoms. The van der Waals surface area contributed by atoms with Gasteiger partial charge in [0.2, 0.25) is 0 Å². The maximum Gasteiger partial charge on any atom is 0.516 e. The van der Waals surface area contributed by atoms with Crippen molar-refractivity contribution in [1.29, 1.82) is 0 Å². The van der Waals surface area contributed by atoms with E-state index in [2.05, 4.69) is 5.32 Å². The number of carboxylic acid groups (broad SMARTS) is 1. The number of para-hydroxylation sites is 1. The van der Waals surface area contributed by atoms with Gasteiger partial charge in [-0.2, -0.15) is 21.6 Å². The van der Waals surface area contributed by atoms with Gasteiger partial charge in [-0.3, -0.25) is 9.52 Å². The van der Waals surface area contributed by atoms with E-state index in [1.54, 1.807) is 31.4 Å². The van der Waals surface area contributed by atoms with E-state index in [1.165, 1.54) is 4.72 Å². The second-order valence-electron chi connectivity index (χ2n) is 7.71. The van der Waals surface area contributed by atoms with Crippen LogP contribution in [0.2, 0.25) is 5.02 Å². The highest BCUT2D eigenvalue weighted by atomic mass is 35.5.